The van der Waals surface area contributed by atoms with Crippen LogP contribution in [0.2, 0.25) is 0 Å². The summed E-state index contributed by atoms with van der Waals surface area (Å²) in [6, 6.07) is 10.5. The molecule has 0 unspecified atom stereocenters. The molecule has 25 heavy (non-hydrogen) atoms. The maximum absolute atomic E-state index is 12.9. The maximum atomic E-state index is 12.9. The standard InChI is InChI=1S/C18H19F3N2O2/c1-12-7-8-16(25-2)15(11-12)22-10-9-17(24)23-14-6-4-3-5-13(14)18(19,20)21/h3-8,11,22H,9-10H2,1-2H3,(H,23,24). The van der Waals surface area contributed by atoms with E-state index in [1.165, 1.54) is 25.3 Å². The first-order valence-electron chi connectivity index (χ1n) is 7.66. The molecule has 0 heterocycles. The molecule has 0 bridgehead atoms. The second kappa shape index (κ2) is 7.92. The molecule has 0 saturated heterocycles. The summed E-state index contributed by atoms with van der Waals surface area (Å²) in [6.07, 6.45) is -4.50. The number of aryl methyl sites for hydroxylation is 1. The topological polar surface area (TPSA) is 50.4 Å². The third kappa shape index (κ3) is 5.14. The summed E-state index contributed by atoms with van der Waals surface area (Å²) < 4.78 is 44.0. The average Bonchev–Trinajstić information content (AvgIpc) is 2.54. The Morgan fingerprint density at radius 2 is 1.84 bits per heavy atom. The number of ether oxygens (including phenoxy) is 1. The van der Waals surface area contributed by atoms with Crippen LogP contribution in [0.15, 0.2) is 42.5 Å². The predicted molar refractivity (Wildman–Crippen MR) is 90.9 cm³/mol. The van der Waals surface area contributed by atoms with Crippen LogP contribution in [0.5, 0.6) is 5.75 Å². The lowest BCUT2D eigenvalue weighted by Gasteiger charge is -2.14. The molecule has 0 fully saturated rings. The Morgan fingerprint density at radius 1 is 1.12 bits per heavy atom. The molecule has 2 aromatic carbocycles. The van der Waals surface area contributed by atoms with Crippen LogP contribution in [0.25, 0.3) is 0 Å². The number of amides is 1. The van der Waals surface area contributed by atoms with E-state index in [0.29, 0.717) is 5.75 Å². The van der Waals surface area contributed by atoms with E-state index < -0.39 is 17.6 Å². The van der Waals surface area contributed by atoms with Gasteiger partial charge in [0, 0.05) is 13.0 Å². The van der Waals surface area contributed by atoms with Crippen molar-refractivity contribution in [3.05, 3.63) is 53.6 Å². The van der Waals surface area contributed by atoms with Gasteiger partial charge in [-0.1, -0.05) is 18.2 Å². The highest BCUT2D eigenvalue weighted by molar-refractivity contribution is 5.91. The fraction of sp³-hybridized carbons (Fsp3) is 0.278. The van der Waals surface area contributed by atoms with Crippen LogP contribution < -0.4 is 15.4 Å². The zero-order valence-corrected chi connectivity index (χ0v) is 13.9. The number of anilines is 2. The number of hydrogen-bond donors (Lipinski definition) is 2. The molecule has 1 amide bonds. The van der Waals surface area contributed by atoms with Crippen molar-refractivity contribution in [2.75, 3.05) is 24.3 Å². The molecule has 0 aliphatic rings. The van der Waals surface area contributed by atoms with Crippen molar-refractivity contribution in [3.8, 4) is 5.75 Å². The monoisotopic (exact) mass is 352 g/mol. The van der Waals surface area contributed by atoms with Gasteiger partial charge in [0.25, 0.3) is 0 Å². The van der Waals surface area contributed by atoms with Gasteiger partial charge in [-0.3, -0.25) is 4.79 Å². The van der Waals surface area contributed by atoms with Gasteiger partial charge in [0.2, 0.25) is 5.91 Å². The molecule has 0 aliphatic carbocycles. The average molecular weight is 352 g/mol. The van der Waals surface area contributed by atoms with Crippen molar-refractivity contribution in [1.82, 2.24) is 0 Å². The zero-order chi connectivity index (χ0) is 18.4. The van der Waals surface area contributed by atoms with Crippen molar-refractivity contribution in [2.45, 2.75) is 19.5 Å². The summed E-state index contributed by atoms with van der Waals surface area (Å²) in [7, 11) is 1.54. The van der Waals surface area contributed by atoms with E-state index in [9.17, 15) is 18.0 Å². The number of hydrogen-bond acceptors (Lipinski definition) is 3. The number of carbonyl (C=O) groups is 1. The fourth-order valence-electron chi connectivity index (χ4n) is 2.32. The molecule has 2 N–H and O–H groups in total. The van der Waals surface area contributed by atoms with Crippen molar-refractivity contribution in [2.24, 2.45) is 0 Å². The van der Waals surface area contributed by atoms with E-state index >= 15 is 0 Å². The van der Waals surface area contributed by atoms with Gasteiger partial charge < -0.3 is 15.4 Å². The molecular formula is C18H19F3N2O2. The van der Waals surface area contributed by atoms with E-state index in [4.69, 9.17) is 4.74 Å². The Hall–Kier alpha value is -2.70. The molecule has 0 spiro atoms. The van der Waals surface area contributed by atoms with Gasteiger partial charge in [0.1, 0.15) is 5.75 Å². The van der Waals surface area contributed by atoms with Crippen molar-refractivity contribution < 1.29 is 22.7 Å². The summed E-state index contributed by atoms with van der Waals surface area (Å²) in [5.74, 6) is 0.129. The first kappa shape index (κ1) is 18.6. The number of nitrogens with one attached hydrogen (secondary N) is 2. The first-order chi connectivity index (χ1) is 11.8. The van der Waals surface area contributed by atoms with Crippen molar-refractivity contribution >= 4 is 17.3 Å². The smallest absolute Gasteiger partial charge is 0.418 e. The number of para-hydroxylation sites is 1. The maximum Gasteiger partial charge on any atom is 0.418 e. The van der Waals surface area contributed by atoms with Crippen LogP contribution >= 0.6 is 0 Å². The molecule has 0 radical (unpaired) electrons. The molecule has 7 heteroatoms. The summed E-state index contributed by atoms with van der Waals surface area (Å²) in [5, 5.41) is 5.37. The second-order valence-corrected chi connectivity index (χ2v) is 5.47. The normalized spacial score (nSPS) is 11.1. The Balaban J connectivity index is 1.95. The fourth-order valence-corrected chi connectivity index (χ4v) is 2.32. The zero-order valence-electron chi connectivity index (χ0n) is 13.9. The molecule has 0 atom stereocenters. The van der Waals surface area contributed by atoms with Crippen LogP contribution in [0, 0.1) is 6.92 Å². The molecular weight excluding hydrogens is 333 g/mol. The lowest BCUT2D eigenvalue weighted by atomic mass is 10.1. The van der Waals surface area contributed by atoms with E-state index in [-0.39, 0.29) is 18.7 Å². The summed E-state index contributed by atoms with van der Waals surface area (Å²) in [4.78, 5) is 12.0. The van der Waals surface area contributed by atoms with Gasteiger partial charge in [-0.25, -0.2) is 0 Å². The van der Waals surface area contributed by atoms with E-state index in [1.807, 2.05) is 19.1 Å². The van der Waals surface area contributed by atoms with Gasteiger partial charge in [0.05, 0.1) is 24.0 Å². The third-order valence-electron chi connectivity index (χ3n) is 3.53. The van der Waals surface area contributed by atoms with Crippen LogP contribution in [0.3, 0.4) is 0 Å². The molecule has 4 nitrogen and oxygen atoms in total. The summed E-state index contributed by atoms with van der Waals surface area (Å²) in [5.41, 5.74) is 0.641. The quantitative estimate of drug-likeness (QED) is 0.807. The molecule has 0 aliphatic heterocycles. The highest BCUT2D eigenvalue weighted by atomic mass is 19.4. The number of halogens is 3. The van der Waals surface area contributed by atoms with Gasteiger partial charge in [-0.05, 0) is 36.8 Å². The van der Waals surface area contributed by atoms with Gasteiger partial charge in [0.15, 0.2) is 0 Å². The number of rotatable bonds is 6. The predicted octanol–water partition coefficient (Wildman–Crippen LogP) is 4.46. The number of benzene rings is 2. The van der Waals surface area contributed by atoms with E-state index in [0.717, 1.165) is 17.3 Å². The first-order valence-corrected chi connectivity index (χ1v) is 7.66. The molecule has 2 aromatic rings. The van der Waals surface area contributed by atoms with E-state index in [1.54, 1.807) is 6.07 Å². The second-order valence-electron chi connectivity index (χ2n) is 5.47. The highest BCUT2D eigenvalue weighted by Gasteiger charge is 2.33. The Kier molecular flexibility index (Phi) is 5.90. The molecule has 134 valence electrons. The number of methoxy groups -OCH3 is 1. The van der Waals surface area contributed by atoms with Crippen LogP contribution in [-0.2, 0) is 11.0 Å². The number of alkyl halides is 3. The minimum Gasteiger partial charge on any atom is -0.495 e. The Morgan fingerprint density at radius 3 is 2.52 bits per heavy atom. The van der Waals surface area contributed by atoms with Crippen molar-refractivity contribution in [1.29, 1.82) is 0 Å². The molecule has 0 aromatic heterocycles. The lowest BCUT2D eigenvalue weighted by Crippen LogP contribution is -2.19. The van der Waals surface area contributed by atoms with Crippen LogP contribution in [0.4, 0.5) is 24.5 Å². The SMILES string of the molecule is COc1ccc(C)cc1NCCC(=O)Nc1ccccc1C(F)(F)F. The minimum absolute atomic E-state index is 0.0172. The van der Waals surface area contributed by atoms with E-state index in [2.05, 4.69) is 10.6 Å². The van der Waals surface area contributed by atoms with Crippen LogP contribution in [0.1, 0.15) is 17.5 Å². The van der Waals surface area contributed by atoms with Crippen LogP contribution in [-0.4, -0.2) is 19.6 Å². The largest absolute Gasteiger partial charge is 0.495 e. The lowest BCUT2D eigenvalue weighted by molar-refractivity contribution is -0.137. The Bertz CT molecular complexity index is 745. The summed E-state index contributed by atoms with van der Waals surface area (Å²) >= 11 is 0. The van der Waals surface area contributed by atoms with Crippen molar-refractivity contribution in [3.63, 3.8) is 0 Å². The van der Waals surface area contributed by atoms with Gasteiger partial charge >= 0.3 is 6.18 Å². The van der Waals surface area contributed by atoms with Gasteiger partial charge in [-0.2, -0.15) is 13.2 Å². The van der Waals surface area contributed by atoms with Gasteiger partial charge in [-0.15, -0.1) is 0 Å². The molecule has 2 rings (SSSR count). The highest BCUT2D eigenvalue weighted by Crippen LogP contribution is 2.34. The third-order valence-corrected chi connectivity index (χ3v) is 3.53. The summed E-state index contributed by atoms with van der Waals surface area (Å²) in [6.45, 7) is 2.19. The number of carbonyl (C=O) groups excluding carboxylic acids is 1. The molecule has 0 saturated carbocycles. The minimum atomic E-state index is -4.52. The Labute approximate surface area is 144 Å².